The Morgan fingerprint density at radius 1 is 1.53 bits per heavy atom. The second-order valence-electron chi connectivity index (χ2n) is 4.93. The highest BCUT2D eigenvalue weighted by Crippen LogP contribution is 2.32. The predicted molar refractivity (Wildman–Crippen MR) is 70.1 cm³/mol. The molecule has 1 amide bonds. The number of nitrogen functional groups attached to an aromatic ring is 1. The third-order valence-electron chi connectivity index (χ3n) is 3.73. The van der Waals surface area contributed by atoms with Gasteiger partial charge in [0.05, 0.1) is 5.56 Å². The number of fused-ring (bicyclic) bond motifs is 1. The molecule has 1 aromatic carbocycles. The maximum absolute atomic E-state index is 12.4. The lowest BCUT2D eigenvalue weighted by Gasteiger charge is -2.37. The lowest BCUT2D eigenvalue weighted by molar-refractivity contribution is 0.0653. The molecule has 0 saturated carbocycles. The van der Waals surface area contributed by atoms with Crippen molar-refractivity contribution in [2.75, 3.05) is 12.3 Å². The van der Waals surface area contributed by atoms with E-state index < -0.39 is 0 Å². The zero-order valence-electron chi connectivity index (χ0n) is 10.7. The zero-order valence-corrected chi connectivity index (χ0v) is 10.7. The number of carbonyl (C=O) groups is 1. The van der Waals surface area contributed by atoms with Crippen molar-refractivity contribution in [3.05, 3.63) is 29.3 Å². The second-order valence-corrected chi connectivity index (χ2v) is 4.93. The van der Waals surface area contributed by atoms with E-state index in [9.17, 15) is 4.79 Å². The Morgan fingerprint density at radius 2 is 2.24 bits per heavy atom. The van der Waals surface area contributed by atoms with Crippen LogP contribution in [-0.4, -0.2) is 23.4 Å². The molecule has 92 valence electrons. The monoisotopic (exact) mass is 232 g/mol. The lowest BCUT2D eigenvalue weighted by Crippen LogP contribution is -2.44. The smallest absolute Gasteiger partial charge is 0.256 e. The summed E-state index contributed by atoms with van der Waals surface area (Å²) in [6.07, 6.45) is 0.973. The van der Waals surface area contributed by atoms with Crippen LogP contribution in [0.5, 0.6) is 0 Å². The number of anilines is 1. The molecule has 1 aromatic rings. The van der Waals surface area contributed by atoms with Gasteiger partial charge in [-0.3, -0.25) is 4.79 Å². The largest absolute Gasteiger partial charge is 0.398 e. The standard InChI is InChI=1S/C14H20N2O/c1-4-10(3)16-8-9(2)11-6-5-7-12(15)13(11)14(16)17/h5-7,9-10H,4,8,15H2,1-3H3. The summed E-state index contributed by atoms with van der Waals surface area (Å²) in [7, 11) is 0. The maximum Gasteiger partial charge on any atom is 0.256 e. The van der Waals surface area contributed by atoms with Crippen molar-refractivity contribution >= 4 is 11.6 Å². The van der Waals surface area contributed by atoms with E-state index in [0.717, 1.165) is 18.5 Å². The average Bonchev–Trinajstić information content (AvgIpc) is 2.32. The van der Waals surface area contributed by atoms with Crippen LogP contribution in [0.4, 0.5) is 5.69 Å². The van der Waals surface area contributed by atoms with Gasteiger partial charge in [-0.2, -0.15) is 0 Å². The summed E-state index contributed by atoms with van der Waals surface area (Å²) in [6.45, 7) is 7.14. The number of nitrogens with zero attached hydrogens (tertiary/aromatic N) is 1. The molecule has 2 atom stereocenters. The van der Waals surface area contributed by atoms with Crippen LogP contribution in [-0.2, 0) is 0 Å². The molecule has 2 unspecified atom stereocenters. The molecule has 17 heavy (non-hydrogen) atoms. The molecule has 0 bridgehead atoms. The van der Waals surface area contributed by atoms with Gasteiger partial charge in [-0.15, -0.1) is 0 Å². The van der Waals surface area contributed by atoms with E-state index in [1.807, 2.05) is 23.1 Å². The van der Waals surface area contributed by atoms with Gasteiger partial charge < -0.3 is 10.6 Å². The first kappa shape index (κ1) is 12.0. The summed E-state index contributed by atoms with van der Waals surface area (Å²) in [5.74, 6) is 0.450. The van der Waals surface area contributed by atoms with Crippen molar-refractivity contribution in [2.24, 2.45) is 0 Å². The fraction of sp³-hybridized carbons (Fsp3) is 0.500. The molecular formula is C14H20N2O. The minimum Gasteiger partial charge on any atom is -0.398 e. The second kappa shape index (κ2) is 4.40. The van der Waals surface area contributed by atoms with Crippen LogP contribution in [0, 0.1) is 0 Å². The van der Waals surface area contributed by atoms with Crippen molar-refractivity contribution in [3.63, 3.8) is 0 Å². The average molecular weight is 232 g/mol. The van der Waals surface area contributed by atoms with Crippen molar-refractivity contribution in [2.45, 2.75) is 39.2 Å². The van der Waals surface area contributed by atoms with Crippen LogP contribution < -0.4 is 5.73 Å². The third-order valence-corrected chi connectivity index (χ3v) is 3.73. The van der Waals surface area contributed by atoms with Gasteiger partial charge in [-0.25, -0.2) is 0 Å². The summed E-state index contributed by atoms with van der Waals surface area (Å²) >= 11 is 0. The summed E-state index contributed by atoms with van der Waals surface area (Å²) in [4.78, 5) is 14.4. The third kappa shape index (κ3) is 1.90. The van der Waals surface area contributed by atoms with Gasteiger partial charge >= 0.3 is 0 Å². The summed E-state index contributed by atoms with van der Waals surface area (Å²) in [5.41, 5.74) is 8.36. The van der Waals surface area contributed by atoms with Crippen LogP contribution in [0.1, 0.15) is 49.0 Å². The van der Waals surface area contributed by atoms with Crippen molar-refractivity contribution in [1.82, 2.24) is 4.90 Å². The number of hydrogen-bond donors (Lipinski definition) is 1. The molecule has 0 fully saturated rings. The van der Waals surface area contributed by atoms with Gasteiger partial charge in [0.15, 0.2) is 0 Å². The van der Waals surface area contributed by atoms with Gasteiger partial charge in [-0.05, 0) is 30.9 Å². The highest BCUT2D eigenvalue weighted by atomic mass is 16.2. The molecule has 1 heterocycles. The van der Waals surface area contributed by atoms with E-state index in [1.165, 1.54) is 0 Å². The first-order chi connectivity index (χ1) is 8.06. The first-order valence-electron chi connectivity index (χ1n) is 6.25. The number of rotatable bonds is 2. The first-order valence-corrected chi connectivity index (χ1v) is 6.25. The topological polar surface area (TPSA) is 46.3 Å². The number of hydrogen-bond acceptors (Lipinski definition) is 2. The molecule has 2 N–H and O–H groups in total. The van der Waals surface area contributed by atoms with E-state index in [0.29, 0.717) is 17.2 Å². The number of carbonyl (C=O) groups excluding carboxylic acids is 1. The van der Waals surface area contributed by atoms with Crippen LogP contribution >= 0.6 is 0 Å². The van der Waals surface area contributed by atoms with E-state index in [2.05, 4.69) is 20.8 Å². The lowest BCUT2D eigenvalue weighted by atomic mass is 9.88. The fourth-order valence-corrected chi connectivity index (χ4v) is 2.47. The predicted octanol–water partition coefficient (Wildman–Crippen LogP) is 2.63. The Bertz CT molecular complexity index is 442. The summed E-state index contributed by atoms with van der Waals surface area (Å²) < 4.78 is 0. The van der Waals surface area contributed by atoms with E-state index in [4.69, 9.17) is 5.73 Å². The van der Waals surface area contributed by atoms with Crippen molar-refractivity contribution < 1.29 is 4.79 Å². The SMILES string of the molecule is CCC(C)N1CC(C)c2cccc(N)c2C1=O. The van der Waals surface area contributed by atoms with Gasteiger partial charge in [-0.1, -0.05) is 26.0 Å². The minimum atomic E-state index is 0.0885. The molecule has 0 radical (unpaired) electrons. The Hall–Kier alpha value is -1.51. The molecule has 1 aliphatic heterocycles. The number of amides is 1. The maximum atomic E-state index is 12.4. The van der Waals surface area contributed by atoms with Gasteiger partial charge in [0.2, 0.25) is 0 Å². The van der Waals surface area contributed by atoms with Crippen LogP contribution in [0.25, 0.3) is 0 Å². The normalized spacial score (nSPS) is 21.2. The Kier molecular flexibility index (Phi) is 3.09. The van der Waals surface area contributed by atoms with Gasteiger partial charge in [0, 0.05) is 18.3 Å². The Labute approximate surface area is 103 Å². The molecule has 0 aromatic heterocycles. The molecular weight excluding hydrogens is 212 g/mol. The van der Waals surface area contributed by atoms with Crippen molar-refractivity contribution in [3.8, 4) is 0 Å². The molecule has 3 heteroatoms. The van der Waals surface area contributed by atoms with Crippen LogP contribution in [0.15, 0.2) is 18.2 Å². The van der Waals surface area contributed by atoms with Crippen LogP contribution in [0.3, 0.4) is 0 Å². The fourth-order valence-electron chi connectivity index (χ4n) is 2.47. The minimum absolute atomic E-state index is 0.0885. The van der Waals surface area contributed by atoms with E-state index in [1.54, 1.807) is 0 Å². The number of nitrogens with two attached hydrogens (primary N) is 1. The molecule has 1 aliphatic rings. The molecule has 3 nitrogen and oxygen atoms in total. The highest BCUT2D eigenvalue weighted by Gasteiger charge is 2.32. The van der Waals surface area contributed by atoms with E-state index >= 15 is 0 Å². The summed E-state index contributed by atoms with van der Waals surface area (Å²) in [5, 5.41) is 0. The molecule has 0 aliphatic carbocycles. The van der Waals surface area contributed by atoms with E-state index in [-0.39, 0.29) is 11.9 Å². The quantitative estimate of drug-likeness (QED) is 0.797. The molecule has 2 rings (SSSR count). The Balaban J connectivity index is 2.46. The molecule has 0 spiro atoms. The van der Waals surface area contributed by atoms with Gasteiger partial charge in [0.1, 0.15) is 0 Å². The zero-order chi connectivity index (χ0) is 12.6. The van der Waals surface area contributed by atoms with Crippen molar-refractivity contribution in [1.29, 1.82) is 0 Å². The number of benzene rings is 1. The van der Waals surface area contributed by atoms with Crippen LogP contribution in [0.2, 0.25) is 0 Å². The molecule has 0 saturated heterocycles. The Morgan fingerprint density at radius 3 is 2.88 bits per heavy atom. The highest BCUT2D eigenvalue weighted by molar-refractivity contribution is 6.02. The summed E-state index contributed by atoms with van der Waals surface area (Å²) in [6, 6.07) is 6.03. The van der Waals surface area contributed by atoms with Gasteiger partial charge in [0.25, 0.3) is 5.91 Å².